The van der Waals surface area contributed by atoms with Crippen LogP contribution in [0.1, 0.15) is 26.3 Å². The number of rotatable bonds is 8. The average Bonchev–Trinajstić information content (AvgIpc) is 3.16. The molecule has 3 rings (SSSR count). The lowest BCUT2D eigenvalue weighted by atomic mass is 10.1. The predicted molar refractivity (Wildman–Crippen MR) is 123 cm³/mol. The molecule has 11 heteroatoms. The molecule has 2 aliphatic heterocycles. The highest BCUT2D eigenvalue weighted by Crippen LogP contribution is 2.19. The summed E-state index contributed by atoms with van der Waals surface area (Å²) in [5.74, 6) is 0.843. The number of imide groups is 1. The van der Waals surface area contributed by atoms with E-state index in [0.717, 1.165) is 16.2 Å². The summed E-state index contributed by atoms with van der Waals surface area (Å²) in [4.78, 5) is 32.2. The lowest BCUT2D eigenvalue weighted by molar-refractivity contribution is -0.546. The van der Waals surface area contributed by atoms with Gasteiger partial charge in [0.1, 0.15) is 11.9 Å². The van der Waals surface area contributed by atoms with Crippen LogP contribution in [0.15, 0.2) is 34.4 Å². The first-order valence-electron chi connectivity index (χ1n) is 10.7. The maximum absolute atomic E-state index is 12.9. The van der Waals surface area contributed by atoms with E-state index in [1.807, 2.05) is 45.0 Å². The first-order chi connectivity index (χ1) is 15.6. The molecule has 2 heterocycles. The molecule has 0 aromatic heterocycles. The normalized spacial score (nSPS) is 19.8. The summed E-state index contributed by atoms with van der Waals surface area (Å²) in [5, 5.41) is 14.9. The quantitative estimate of drug-likeness (QED) is 0.331. The van der Waals surface area contributed by atoms with Crippen LogP contribution in [0, 0.1) is 0 Å². The molecule has 2 N–H and O–H groups in total. The summed E-state index contributed by atoms with van der Waals surface area (Å²) in [6.07, 6.45) is -0.930. The van der Waals surface area contributed by atoms with E-state index >= 15 is 0 Å². The smallest absolute Gasteiger partial charge is 0.414 e. The summed E-state index contributed by atoms with van der Waals surface area (Å²) in [7, 11) is 4.58. The molecule has 1 fully saturated rings. The van der Waals surface area contributed by atoms with Gasteiger partial charge in [0, 0.05) is 14.1 Å². The number of aliphatic hydroxyl groups is 1. The predicted octanol–water partition coefficient (Wildman–Crippen LogP) is 0.468. The minimum Gasteiger partial charge on any atom is -0.497 e. The van der Waals surface area contributed by atoms with Crippen LogP contribution in [0.2, 0.25) is 0 Å². The maximum atomic E-state index is 12.9. The number of likely N-dealkylation sites (N-methyl/N-ethyl adjacent to an activating group) is 2. The van der Waals surface area contributed by atoms with E-state index < -0.39 is 24.1 Å². The number of amides is 3. The van der Waals surface area contributed by atoms with Crippen LogP contribution >= 0.6 is 0 Å². The number of ether oxygens (including phenoxy) is 2. The Hall–Kier alpha value is -3.31. The number of aliphatic imine (C=N–C) groups is 1. The van der Waals surface area contributed by atoms with Crippen LogP contribution in [0.3, 0.4) is 0 Å². The zero-order chi connectivity index (χ0) is 24.3. The highest BCUT2D eigenvalue weighted by atomic mass is 16.5. The second-order valence-corrected chi connectivity index (χ2v) is 8.16. The number of β-amino-alcohol motifs (C(OH)–C–C–N with tert-alkyl or cyclic N) is 1. The molecule has 0 bridgehead atoms. The lowest BCUT2D eigenvalue weighted by Gasteiger charge is -2.32. The molecular weight excluding hydrogens is 428 g/mol. The van der Waals surface area contributed by atoms with Gasteiger partial charge in [-0.15, -0.1) is 5.10 Å². The third-order valence-corrected chi connectivity index (χ3v) is 5.39. The number of aliphatic hydroxyl groups excluding tert-OH is 1. The molecule has 2 unspecified atom stereocenters. The molecule has 0 aliphatic carbocycles. The van der Waals surface area contributed by atoms with Gasteiger partial charge in [0.15, 0.2) is 0 Å². The van der Waals surface area contributed by atoms with Crippen molar-refractivity contribution in [2.24, 2.45) is 10.1 Å². The molecule has 11 nitrogen and oxygen atoms in total. The Balaban J connectivity index is 1.90. The molecule has 0 radical (unpaired) electrons. The Morgan fingerprint density at radius 2 is 1.91 bits per heavy atom. The third kappa shape index (κ3) is 5.20. The number of urea groups is 1. The van der Waals surface area contributed by atoms with Crippen LogP contribution in [-0.4, -0.2) is 102 Å². The molecule has 178 valence electrons. The monoisotopic (exact) mass is 459 g/mol. The molecule has 2 aliphatic rings. The van der Waals surface area contributed by atoms with Crippen molar-refractivity contribution in [3.63, 3.8) is 0 Å². The highest BCUT2D eigenvalue weighted by Gasteiger charge is 2.51. The fourth-order valence-electron chi connectivity index (χ4n) is 3.49. The van der Waals surface area contributed by atoms with Crippen molar-refractivity contribution in [2.75, 3.05) is 34.4 Å². The minimum absolute atomic E-state index is 0.0467. The SMILES string of the molecule is COc1ccc(/C(C)=N/NC2=[N+](CC(O)COC(C)C)C3C(=O)N(C)C(=O)N(C)C3=N2)cc1. The second kappa shape index (κ2) is 10.1. The van der Waals surface area contributed by atoms with E-state index in [1.54, 1.807) is 18.7 Å². The first kappa shape index (κ1) is 24.3. The molecule has 3 amide bonds. The Morgan fingerprint density at radius 3 is 2.52 bits per heavy atom. The van der Waals surface area contributed by atoms with Crippen molar-refractivity contribution in [1.82, 2.24) is 15.2 Å². The number of fused-ring (bicyclic) bond motifs is 1. The zero-order valence-electron chi connectivity index (χ0n) is 19.8. The van der Waals surface area contributed by atoms with E-state index in [2.05, 4.69) is 15.5 Å². The maximum Gasteiger partial charge on any atom is 0.414 e. The van der Waals surface area contributed by atoms with Gasteiger partial charge in [-0.25, -0.2) is 9.37 Å². The molecule has 1 aromatic rings. The van der Waals surface area contributed by atoms with Crippen molar-refractivity contribution >= 4 is 29.4 Å². The summed E-state index contributed by atoms with van der Waals surface area (Å²) in [6.45, 7) is 5.73. The number of nitrogens with zero attached hydrogens (tertiary/aromatic N) is 5. The van der Waals surface area contributed by atoms with Crippen molar-refractivity contribution in [2.45, 2.75) is 39.0 Å². The van der Waals surface area contributed by atoms with Crippen molar-refractivity contribution < 1.29 is 28.7 Å². The van der Waals surface area contributed by atoms with E-state index in [-0.39, 0.29) is 31.1 Å². The van der Waals surface area contributed by atoms with E-state index in [4.69, 9.17) is 9.47 Å². The Bertz CT molecular complexity index is 1000. The van der Waals surface area contributed by atoms with Crippen molar-refractivity contribution in [3.05, 3.63) is 29.8 Å². The fraction of sp³-hybridized carbons (Fsp3) is 0.500. The molecule has 1 aromatic carbocycles. The summed E-state index contributed by atoms with van der Waals surface area (Å²) >= 11 is 0. The molecule has 2 atom stereocenters. The standard InChI is InChI=1S/C22H30N6O5/c1-13(2)33-12-16(29)11-28-18-19(26(4)22(31)27(5)20(18)30)23-21(28)25-24-14(3)15-7-9-17(32-6)10-8-15/h7-10,13,16,18,29H,11-12H2,1-6H3/p+1/b24-14+. The number of hydrazone groups is 1. The second-order valence-electron chi connectivity index (χ2n) is 8.16. The summed E-state index contributed by atoms with van der Waals surface area (Å²) < 4.78 is 12.3. The molecule has 0 spiro atoms. The van der Waals surface area contributed by atoms with E-state index in [9.17, 15) is 14.7 Å². The first-order valence-corrected chi connectivity index (χ1v) is 10.7. The molecular formula is C22H31N6O5+. The van der Waals surface area contributed by atoms with Gasteiger partial charge in [0.25, 0.3) is 5.91 Å². The molecule has 0 saturated carbocycles. The Morgan fingerprint density at radius 1 is 1.24 bits per heavy atom. The Labute approximate surface area is 193 Å². The summed E-state index contributed by atoms with van der Waals surface area (Å²) in [5.41, 5.74) is 4.45. The number of nitrogens with one attached hydrogen (secondary N) is 1. The van der Waals surface area contributed by atoms with Gasteiger partial charge in [-0.2, -0.15) is 5.43 Å². The van der Waals surface area contributed by atoms with E-state index in [1.165, 1.54) is 11.9 Å². The number of guanidine groups is 1. The van der Waals surface area contributed by atoms with Crippen LogP contribution in [0.25, 0.3) is 0 Å². The molecule has 33 heavy (non-hydrogen) atoms. The summed E-state index contributed by atoms with van der Waals surface area (Å²) in [6, 6.07) is 6.08. The fourth-order valence-corrected chi connectivity index (χ4v) is 3.49. The number of hydrogen-bond donors (Lipinski definition) is 2. The number of benzene rings is 1. The van der Waals surface area contributed by atoms with Gasteiger partial charge in [-0.1, -0.05) is 4.99 Å². The highest BCUT2D eigenvalue weighted by molar-refractivity contribution is 6.22. The topological polar surface area (TPSA) is 119 Å². The number of carbonyl (C=O) groups is 2. The molecule has 1 saturated heterocycles. The van der Waals surface area contributed by atoms with Gasteiger partial charge in [-0.05, 0) is 50.6 Å². The zero-order valence-corrected chi connectivity index (χ0v) is 19.8. The van der Waals surface area contributed by atoms with Gasteiger partial charge in [-0.3, -0.25) is 14.6 Å². The third-order valence-electron chi connectivity index (χ3n) is 5.39. The van der Waals surface area contributed by atoms with Gasteiger partial charge >= 0.3 is 12.0 Å². The lowest BCUT2D eigenvalue weighted by Crippen LogP contribution is -2.62. The van der Waals surface area contributed by atoms with Gasteiger partial charge in [0.2, 0.25) is 11.9 Å². The van der Waals surface area contributed by atoms with Crippen molar-refractivity contribution in [3.8, 4) is 5.75 Å². The van der Waals surface area contributed by atoms with Gasteiger partial charge in [0.05, 0.1) is 32.1 Å². The largest absolute Gasteiger partial charge is 0.497 e. The van der Waals surface area contributed by atoms with E-state index in [0.29, 0.717) is 5.71 Å². The number of hydrogen-bond acceptors (Lipinski definition) is 8. The number of methoxy groups -OCH3 is 1. The number of amidine groups is 1. The number of carbonyl (C=O) groups excluding carboxylic acids is 2. The minimum atomic E-state index is -0.883. The van der Waals surface area contributed by atoms with Crippen LogP contribution < -0.4 is 10.2 Å². The van der Waals surface area contributed by atoms with Gasteiger partial charge < -0.3 is 14.6 Å². The van der Waals surface area contributed by atoms with Crippen LogP contribution in [-0.2, 0) is 9.53 Å². The Kier molecular flexibility index (Phi) is 7.44. The van der Waals surface area contributed by atoms with Crippen LogP contribution in [0.4, 0.5) is 4.79 Å². The van der Waals surface area contributed by atoms with Crippen LogP contribution in [0.5, 0.6) is 5.75 Å². The van der Waals surface area contributed by atoms with Crippen molar-refractivity contribution in [1.29, 1.82) is 0 Å². The average molecular weight is 460 g/mol.